The number of para-hydroxylation sites is 1. The number of rotatable bonds is 6. The molecule has 1 atom stereocenters. The number of aromatic nitrogens is 3. The maximum Gasteiger partial charge on any atom is 0.163 e. The summed E-state index contributed by atoms with van der Waals surface area (Å²) in [5, 5.41) is 6.87. The molecule has 3 aromatic heterocycles. The van der Waals surface area contributed by atoms with Gasteiger partial charge in [-0.3, -0.25) is 9.88 Å². The number of thiophene rings is 1. The Kier molecular flexibility index (Phi) is 5.19. The second-order valence-corrected chi connectivity index (χ2v) is 8.29. The minimum atomic E-state index is 0.369. The van der Waals surface area contributed by atoms with Crippen LogP contribution in [0.15, 0.2) is 66.3 Å². The smallest absolute Gasteiger partial charge is 0.163 e. The summed E-state index contributed by atoms with van der Waals surface area (Å²) in [7, 11) is 0. The Morgan fingerprint density at radius 2 is 1.90 bits per heavy atom. The second-order valence-electron chi connectivity index (χ2n) is 7.31. The summed E-state index contributed by atoms with van der Waals surface area (Å²) < 4.78 is 0. The van der Waals surface area contributed by atoms with Crippen molar-refractivity contribution in [3.8, 4) is 11.4 Å². The number of nitrogens with zero attached hydrogens (tertiary/aromatic N) is 4. The molecule has 0 aliphatic carbocycles. The third-order valence-electron chi connectivity index (χ3n) is 5.44. The van der Waals surface area contributed by atoms with E-state index >= 15 is 0 Å². The molecule has 29 heavy (non-hydrogen) atoms. The molecule has 1 aliphatic heterocycles. The van der Waals surface area contributed by atoms with E-state index in [9.17, 15) is 0 Å². The summed E-state index contributed by atoms with van der Waals surface area (Å²) in [6.07, 6.45) is 6.14. The molecule has 0 spiro atoms. The van der Waals surface area contributed by atoms with Crippen molar-refractivity contribution in [2.75, 3.05) is 25.0 Å². The van der Waals surface area contributed by atoms with Crippen LogP contribution in [0.5, 0.6) is 0 Å². The Hall–Kier alpha value is -2.83. The van der Waals surface area contributed by atoms with E-state index in [4.69, 9.17) is 9.97 Å². The van der Waals surface area contributed by atoms with Crippen molar-refractivity contribution in [3.63, 3.8) is 0 Å². The topological polar surface area (TPSA) is 53.9 Å². The molecule has 1 saturated heterocycles. The van der Waals surface area contributed by atoms with Gasteiger partial charge < -0.3 is 5.32 Å². The quantitative estimate of drug-likeness (QED) is 0.493. The number of anilines is 1. The zero-order chi connectivity index (χ0) is 19.5. The van der Waals surface area contributed by atoms with Crippen molar-refractivity contribution in [2.24, 2.45) is 0 Å². The van der Waals surface area contributed by atoms with Crippen LogP contribution in [0.3, 0.4) is 0 Å². The Bertz CT molecular complexity index is 1080. The summed E-state index contributed by atoms with van der Waals surface area (Å²) in [5.41, 5.74) is 1.87. The second kappa shape index (κ2) is 8.27. The molecule has 4 heterocycles. The third kappa shape index (κ3) is 3.86. The van der Waals surface area contributed by atoms with Gasteiger partial charge in [0, 0.05) is 34.8 Å². The molecule has 146 valence electrons. The van der Waals surface area contributed by atoms with Gasteiger partial charge in [-0.15, -0.1) is 11.3 Å². The molecule has 1 aliphatic rings. The molecule has 5 rings (SSSR count). The number of hydrogen-bond acceptors (Lipinski definition) is 6. The number of nitrogens with one attached hydrogen (secondary N) is 1. The highest BCUT2D eigenvalue weighted by Crippen LogP contribution is 2.30. The molecule has 0 bridgehead atoms. The van der Waals surface area contributed by atoms with Gasteiger partial charge in [0.2, 0.25) is 0 Å². The van der Waals surface area contributed by atoms with Crippen LogP contribution < -0.4 is 5.32 Å². The summed E-state index contributed by atoms with van der Waals surface area (Å²) in [5.74, 6) is 1.59. The molecule has 0 unspecified atom stereocenters. The van der Waals surface area contributed by atoms with Crippen LogP contribution in [0, 0.1) is 0 Å². The predicted molar refractivity (Wildman–Crippen MR) is 119 cm³/mol. The summed E-state index contributed by atoms with van der Waals surface area (Å²) >= 11 is 1.83. The molecule has 1 fully saturated rings. The van der Waals surface area contributed by atoms with Crippen LogP contribution in [0.1, 0.15) is 23.8 Å². The van der Waals surface area contributed by atoms with Gasteiger partial charge >= 0.3 is 0 Å². The van der Waals surface area contributed by atoms with Crippen molar-refractivity contribution in [1.29, 1.82) is 0 Å². The van der Waals surface area contributed by atoms with E-state index in [1.165, 1.54) is 17.7 Å². The molecule has 5 nitrogen and oxygen atoms in total. The molecule has 1 N–H and O–H groups in total. The summed E-state index contributed by atoms with van der Waals surface area (Å²) in [6.45, 7) is 3.15. The van der Waals surface area contributed by atoms with Crippen LogP contribution in [0.2, 0.25) is 0 Å². The highest BCUT2D eigenvalue weighted by Gasteiger charge is 2.24. The SMILES string of the molecule is c1cncc(-c2nc(NC[C@H](c3cccs3)N3CCCC3)c3ccccc3n2)c1. The van der Waals surface area contributed by atoms with Gasteiger partial charge in [0.05, 0.1) is 11.6 Å². The third-order valence-corrected chi connectivity index (χ3v) is 6.41. The van der Waals surface area contributed by atoms with E-state index in [0.717, 1.165) is 41.9 Å². The zero-order valence-corrected chi connectivity index (χ0v) is 17.0. The van der Waals surface area contributed by atoms with Gasteiger partial charge in [0.15, 0.2) is 5.82 Å². The lowest BCUT2D eigenvalue weighted by molar-refractivity contribution is 0.259. The number of likely N-dealkylation sites (tertiary alicyclic amines) is 1. The van der Waals surface area contributed by atoms with Crippen LogP contribution in [-0.2, 0) is 0 Å². The summed E-state index contributed by atoms with van der Waals surface area (Å²) in [4.78, 5) is 17.9. The maximum absolute atomic E-state index is 4.87. The monoisotopic (exact) mass is 401 g/mol. The van der Waals surface area contributed by atoms with Crippen molar-refractivity contribution in [1.82, 2.24) is 19.9 Å². The van der Waals surface area contributed by atoms with E-state index in [1.54, 1.807) is 6.20 Å². The standard InChI is InChI=1S/C23H23N5S/c1-2-9-19-18(8-1)23(27-22(26-19)17-7-5-11-24-15-17)25-16-20(21-10-6-14-29-21)28-12-3-4-13-28/h1-2,5-11,14-15,20H,3-4,12-13,16H2,(H,25,26,27)/t20-/m1/s1. The largest absolute Gasteiger partial charge is 0.367 e. The van der Waals surface area contributed by atoms with Crippen LogP contribution >= 0.6 is 11.3 Å². The van der Waals surface area contributed by atoms with Crippen molar-refractivity contribution >= 4 is 28.1 Å². The first-order valence-electron chi connectivity index (χ1n) is 10.1. The van der Waals surface area contributed by atoms with E-state index in [0.29, 0.717) is 11.9 Å². The van der Waals surface area contributed by atoms with Gasteiger partial charge in [-0.05, 0) is 61.6 Å². The number of fused-ring (bicyclic) bond motifs is 1. The van der Waals surface area contributed by atoms with Crippen molar-refractivity contribution in [3.05, 3.63) is 71.2 Å². The lowest BCUT2D eigenvalue weighted by Gasteiger charge is -2.27. The van der Waals surface area contributed by atoms with Crippen LogP contribution in [0.4, 0.5) is 5.82 Å². The fourth-order valence-electron chi connectivity index (χ4n) is 3.97. The number of pyridine rings is 1. The highest BCUT2D eigenvalue weighted by atomic mass is 32.1. The first-order valence-corrected chi connectivity index (χ1v) is 10.9. The number of benzene rings is 1. The molecule has 1 aromatic carbocycles. The average molecular weight is 402 g/mol. The van der Waals surface area contributed by atoms with Gasteiger partial charge in [0.1, 0.15) is 5.82 Å². The Labute approximate surface area is 174 Å². The minimum Gasteiger partial charge on any atom is -0.367 e. The molecular formula is C23H23N5S. The van der Waals surface area contributed by atoms with E-state index in [2.05, 4.69) is 38.8 Å². The van der Waals surface area contributed by atoms with Crippen LogP contribution in [-0.4, -0.2) is 39.5 Å². The van der Waals surface area contributed by atoms with Gasteiger partial charge in [-0.1, -0.05) is 18.2 Å². The lowest BCUT2D eigenvalue weighted by atomic mass is 10.2. The lowest BCUT2D eigenvalue weighted by Crippen LogP contribution is -2.30. The predicted octanol–water partition coefficient (Wildman–Crippen LogP) is 5.00. The van der Waals surface area contributed by atoms with E-state index < -0.39 is 0 Å². The fourth-order valence-corrected chi connectivity index (χ4v) is 4.83. The van der Waals surface area contributed by atoms with Crippen LogP contribution in [0.25, 0.3) is 22.3 Å². The molecule has 0 amide bonds. The highest BCUT2D eigenvalue weighted by molar-refractivity contribution is 7.10. The molecule has 0 radical (unpaired) electrons. The molecule has 0 saturated carbocycles. The summed E-state index contributed by atoms with van der Waals surface area (Å²) in [6, 6.07) is 16.9. The Morgan fingerprint density at radius 1 is 1.00 bits per heavy atom. The average Bonchev–Trinajstić information content (AvgIpc) is 3.49. The Balaban J connectivity index is 1.49. The normalized spacial score (nSPS) is 15.6. The van der Waals surface area contributed by atoms with Gasteiger partial charge in [0.25, 0.3) is 0 Å². The van der Waals surface area contributed by atoms with Gasteiger partial charge in [-0.25, -0.2) is 9.97 Å². The van der Waals surface area contributed by atoms with Gasteiger partial charge in [-0.2, -0.15) is 0 Å². The number of hydrogen-bond donors (Lipinski definition) is 1. The zero-order valence-electron chi connectivity index (χ0n) is 16.2. The maximum atomic E-state index is 4.87. The molecule has 6 heteroatoms. The first-order chi connectivity index (χ1) is 14.4. The van der Waals surface area contributed by atoms with E-state index in [1.807, 2.05) is 47.9 Å². The first kappa shape index (κ1) is 18.2. The molecule has 4 aromatic rings. The van der Waals surface area contributed by atoms with Crippen molar-refractivity contribution < 1.29 is 0 Å². The minimum absolute atomic E-state index is 0.369. The van der Waals surface area contributed by atoms with Crippen molar-refractivity contribution in [2.45, 2.75) is 18.9 Å². The van der Waals surface area contributed by atoms with E-state index in [-0.39, 0.29) is 0 Å². The fraction of sp³-hybridized carbons (Fsp3) is 0.261. The molecular weight excluding hydrogens is 378 g/mol. The Morgan fingerprint density at radius 3 is 2.69 bits per heavy atom.